The van der Waals surface area contributed by atoms with E-state index >= 15 is 0 Å². The van der Waals surface area contributed by atoms with Gasteiger partial charge >= 0.3 is 0 Å². The van der Waals surface area contributed by atoms with Gasteiger partial charge in [-0.3, -0.25) is 4.79 Å². The number of nitrogens with zero attached hydrogens (tertiary/aromatic N) is 1. The van der Waals surface area contributed by atoms with Gasteiger partial charge in [-0.05, 0) is 57.1 Å². The van der Waals surface area contributed by atoms with Gasteiger partial charge in [-0.25, -0.2) is 0 Å². The van der Waals surface area contributed by atoms with Crippen molar-refractivity contribution in [3.05, 3.63) is 35.4 Å². The second-order valence-corrected chi connectivity index (χ2v) is 6.30. The average Bonchev–Trinajstić information content (AvgIpc) is 2.47. The molecule has 0 bridgehead atoms. The predicted molar refractivity (Wildman–Crippen MR) is 86.1 cm³/mol. The van der Waals surface area contributed by atoms with E-state index < -0.39 is 0 Å². The van der Waals surface area contributed by atoms with Crippen LogP contribution in [0.5, 0.6) is 0 Å². The number of nitrogens with two attached hydrogens (primary N) is 1. The molecule has 2 unspecified atom stereocenters. The van der Waals surface area contributed by atoms with Gasteiger partial charge in [-0.15, -0.1) is 0 Å². The molecule has 4 heteroatoms. The van der Waals surface area contributed by atoms with Gasteiger partial charge in [0.15, 0.2) is 0 Å². The summed E-state index contributed by atoms with van der Waals surface area (Å²) in [6.45, 7) is 1.50. The van der Waals surface area contributed by atoms with Gasteiger partial charge in [-0.1, -0.05) is 25.0 Å². The molecule has 21 heavy (non-hydrogen) atoms. The van der Waals surface area contributed by atoms with Crippen LogP contribution in [-0.2, 0) is 6.54 Å². The van der Waals surface area contributed by atoms with Gasteiger partial charge in [0.1, 0.15) is 0 Å². The van der Waals surface area contributed by atoms with E-state index in [2.05, 4.69) is 16.3 Å². The maximum absolute atomic E-state index is 12.4. The van der Waals surface area contributed by atoms with E-state index in [0.717, 1.165) is 30.5 Å². The largest absolute Gasteiger partial charge is 0.349 e. The van der Waals surface area contributed by atoms with Crippen LogP contribution in [0.3, 0.4) is 0 Å². The van der Waals surface area contributed by atoms with Crippen molar-refractivity contribution in [3.63, 3.8) is 0 Å². The molecule has 1 fully saturated rings. The number of benzene rings is 1. The SMILES string of the molecule is CN(C)Cc1cccc(C(=O)NC2CCCCC2CN)c1. The zero-order chi connectivity index (χ0) is 15.2. The lowest BCUT2D eigenvalue weighted by Crippen LogP contribution is -2.44. The summed E-state index contributed by atoms with van der Waals surface area (Å²) in [6, 6.07) is 8.10. The van der Waals surface area contributed by atoms with Crippen molar-refractivity contribution >= 4 is 5.91 Å². The second kappa shape index (κ2) is 7.57. The first-order valence-electron chi connectivity index (χ1n) is 7.84. The van der Waals surface area contributed by atoms with Gasteiger partial charge in [0.25, 0.3) is 5.91 Å². The summed E-state index contributed by atoms with van der Waals surface area (Å²) in [4.78, 5) is 14.5. The third-order valence-electron chi connectivity index (χ3n) is 4.22. The lowest BCUT2D eigenvalue weighted by atomic mass is 9.84. The zero-order valence-corrected chi connectivity index (χ0v) is 13.1. The van der Waals surface area contributed by atoms with Crippen LogP contribution in [0.15, 0.2) is 24.3 Å². The third kappa shape index (κ3) is 4.55. The highest BCUT2D eigenvalue weighted by Gasteiger charge is 2.25. The molecule has 0 aromatic heterocycles. The summed E-state index contributed by atoms with van der Waals surface area (Å²) in [7, 11) is 4.06. The fourth-order valence-electron chi connectivity index (χ4n) is 3.11. The van der Waals surface area contributed by atoms with Gasteiger partial charge < -0.3 is 16.0 Å². The minimum atomic E-state index is 0.0287. The minimum absolute atomic E-state index is 0.0287. The van der Waals surface area contributed by atoms with Crippen LogP contribution in [0.4, 0.5) is 0 Å². The lowest BCUT2D eigenvalue weighted by Gasteiger charge is -2.31. The van der Waals surface area contributed by atoms with E-state index in [-0.39, 0.29) is 11.9 Å². The van der Waals surface area contributed by atoms with E-state index in [9.17, 15) is 4.79 Å². The summed E-state index contributed by atoms with van der Waals surface area (Å²) >= 11 is 0. The van der Waals surface area contributed by atoms with Crippen LogP contribution >= 0.6 is 0 Å². The number of hydrogen-bond acceptors (Lipinski definition) is 3. The number of nitrogens with one attached hydrogen (secondary N) is 1. The first-order chi connectivity index (χ1) is 10.1. The maximum Gasteiger partial charge on any atom is 0.251 e. The van der Waals surface area contributed by atoms with E-state index in [1.807, 2.05) is 32.3 Å². The Bertz CT molecular complexity index is 473. The number of carbonyl (C=O) groups is 1. The highest BCUT2D eigenvalue weighted by molar-refractivity contribution is 5.94. The third-order valence-corrected chi connectivity index (χ3v) is 4.22. The molecule has 0 spiro atoms. The van der Waals surface area contributed by atoms with Gasteiger partial charge in [0.05, 0.1) is 0 Å². The van der Waals surface area contributed by atoms with Crippen molar-refractivity contribution in [2.24, 2.45) is 11.7 Å². The van der Waals surface area contributed by atoms with Crippen molar-refractivity contribution in [2.75, 3.05) is 20.6 Å². The fraction of sp³-hybridized carbons (Fsp3) is 0.588. The number of carbonyl (C=O) groups excluding carboxylic acids is 1. The van der Waals surface area contributed by atoms with Crippen LogP contribution in [0.1, 0.15) is 41.6 Å². The van der Waals surface area contributed by atoms with E-state index in [1.54, 1.807) is 0 Å². The Morgan fingerprint density at radius 1 is 1.33 bits per heavy atom. The lowest BCUT2D eigenvalue weighted by molar-refractivity contribution is 0.0908. The molecule has 2 atom stereocenters. The Morgan fingerprint density at radius 3 is 2.81 bits per heavy atom. The van der Waals surface area contributed by atoms with Crippen LogP contribution in [-0.4, -0.2) is 37.5 Å². The number of rotatable bonds is 5. The van der Waals surface area contributed by atoms with Gasteiger partial charge in [-0.2, -0.15) is 0 Å². The molecule has 0 radical (unpaired) electrons. The molecule has 2 rings (SSSR count). The molecule has 0 saturated heterocycles. The van der Waals surface area contributed by atoms with Crippen molar-refractivity contribution in [1.29, 1.82) is 0 Å². The predicted octanol–water partition coefficient (Wildman–Crippen LogP) is 2.00. The quantitative estimate of drug-likeness (QED) is 0.871. The first kappa shape index (κ1) is 16.0. The van der Waals surface area contributed by atoms with E-state index in [0.29, 0.717) is 12.5 Å². The van der Waals surface area contributed by atoms with Crippen molar-refractivity contribution in [1.82, 2.24) is 10.2 Å². The Balaban J connectivity index is 2.02. The van der Waals surface area contributed by atoms with Crippen molar-refractivity contribution in [3.8, 4) is 0 Å². The van der Waals surface area contributed by atoms with Crippen LogP contribution in [0, 0.1) is 5.92 Å². The summed E-state index contributed by atoms with van der Waals surface area (Å²) in [5.41, 5.74) is 7.74. The van der Waals surface area contributed by atoms with Gasteiger partial charge in [0, 0.05) is 18.2 Å². The molecule has 0 aliphatic heterocycles. The second-order valence-electron chi connectivity index (χ2n) is 6.30. The maximum atomic E-state index is 12.4. The molecule has 116 valence electrons. The number of hydrogen-bond donors (Lipinski definition) is 2. The smallest absolute Gasteiger partial charge is 0.251 e. The zero-order valence-electron chi connectivity index (χ0n) is 13.1. The van der Waals surface area contributed by atoms with Gasteiger partial charge in [0.2, 0.25) is 0 Å². The van der Waals surface area contributed by atoms with Crippen LogP contribution in [0.2, 0.25) is 0 Å². The first-order valence-corrected chi connectivity index (χ1v) is 7.84. The van der Waals surface area contributed by atoms with Crippen molar-refractivity contribution < 1.29 is 4.79 Å². The summed E-state index contributed by atoms with van der Waals surface area (Å²) in [6.07, 6.45) is 4.59. The summed E-state index contributed by atoms with van der Waals surface area (Å²) in [5, 5.41) is 3.18. The minimum Gasteiger partial charge on any atom is -0.349 e. The fourth-order valence-corrected chi connectivity index (χ4v) is 3.11. The highest BCUT2D eigenvalue weighted by atomic mass is 16.1. The Morgan fingerprint density at radius 2 is 2.10 bits per heavy atom. The molecule has 3 N–H and O–H groups in total. The summed E-state index contributed by atoms with van der Waals surface area (Å²) < 4.78 is 0. The molecule has 1 aliphatic rings. The monoisotopic (exact) mass is 289 g/mol. The van der Waals surface area contributed by atoms with E-state index in [1.165, 1.54) is 12.8 Å². The van der Waals surface area contributed by atoms with Crippen LogP contribution < -0.4 is 11.1 Å². The molecule has 1 aromatic rings. The molecular weight excluding hydrogens is 262 g/mol. The molecule has 1 saturated carbocycles. The number of amides is 1. The molecule has 1 aromatic carbocycles. The topological polar surface area (TPSA) is 58.4 Å². The molecule has 1 aliphatic carbocycles. The molecule has 1 amide bonds. The molecular formula is C17H27N3O. The van der Waals surface area contributed by atoms with E-state index in [4.69, 9.17) is 5.73 Å². The average molecular weight is 289 g/mol. The Labute approximate surface area is 127 Å². The standard InChI is InChI=1S/C17H27N3O/c1-20(2)12-13-6-5-8-14(10-13)17(21)19-16-9-4-3-7-15(16)11-18/h5-6,8,10,15-16H,3-4,7,9,11-12,18H2,1-2H3,(H,19,21). The van der Waals surface area contributed by atoms with Crippen molar-refractivity contribution in [2.45, 2.75) is 38.3 Å². The summed E-state index contributed by atoms with van der Waals surface area (Å²) in [5.74, 6) is 0.452. The molecule has 4 nitrogen and oxygen atoms in total. The highest BCUT2D eigenvalue weighted by Crippen LogP contribution is 2.23. The Hall–Kier alpha value is -1.39. The molecule has 0 heterocycles. The van der Waals surface area contributed by atoms with Crippen LogP contribution in [0.25, 0.3) is 0 Å². The normalized spacial score (nSPS) is 22.3. The Kier molecular flexibility index (Phi) is 5.76.